The van der Waals surface area contributed by atoms with Crippen molar-refractivity contribution < 1.29 is 17.9 Å². The summed E-state index contributed by atoms with van der Waals surface area (Å²) in [5.74, 6) is -5.47. The molecule has 0 aromatic heterocycles. The van der Waals surface area contributed by atoms with Crippen molar-refractivity contribution in [3.63, 3.8) is 0 Å². The van der Waals surface area contributed by atoms with Gasteiger partial charge in [0.05, 0.1) is 7.11 Å². The van der Waals surface area contributed by atoms with Gasteiger partial charge in [0, 0.05) is 0 Å². The summed E-state index contributed by atoms with van der Waals surface area (Å²) in [6.07, 6.45) is 0. The molecular formula is C9H3F3N2O. The maximum atomic E-state index is 13.2. The van der Waals surface area contributed by atoms with Crippen LogP contribution in [-0.4, -0.2) is 7.11 Å². The highest BCUT2D eigenvalue weighted by Crippen LogP contribution is 2.29. The van der Waals surface area contributed by atoms with Crippen LogP contribution in [-0.2, 0) is 0 Å². The molecular weight excluding hydrogens is 209 g/mol. The van der Waals surface area contributed by atoms with Crippen molar-refractivity contribution in [1.29, 1.82) is 10.5 Å². The fourth-order valence-electron chi connectivity index (χ4n) is 1.03. The zero-order valence-corrected chi connectivity index (χ0v) is 7.44. The summed E-state index contributed by atoms with van der Waals surface area (Å²) in [6, 6.07) is 2.43. The third-order valence-electron chi connectivity index (χ3n) is 1.71. The average Bonchev–Trinajstić information content (AvgIpc) is 2.23. The lowest BCUT2D eigenvalue weighted by molar-refractivity contribution is 0.364. The van der Waals surface area contributed by atoms with Crippen LogP contribution in [0.3, 0.4) is 0 Å². The summed E-state index contributed by atoms with van der Waals surface area (Å²) in [4.78, 5) is 0. The van der Waals surface area contributed by atoms with E-state index >= 15 is 0 Å². The molecule has 0 aliphatic rings. The van der Waals surface area contributed by atoms with E-state index in [1.807, 2.05) is 0 Å². The summed E-state index contributed by atoms with van der Waals surface area (Å²) < 4.78 is 43.7. The molecule has 0 aliphatic heterocycles. The van der Waals surface area contributed by atoms with Crippen molar-refractivity contribution in [3.05, 3.63) is 28.6 Å². The quantitative estimate of drug-likeness (QED) is 0.667. The molecule has 0 atom stereocenters. The van der Waals surface area contributed by atoms with Gasteiger partial charge < -0.3 is 4.74 Å². The Morgan fingerprint density at radius 2 is 1.47 bits per heavy atom. The van der Waals surface area contributed by atoms with Crippen LogP contribution in [0.1, 0.15) is 11.1 Å². The van der Waals surface area contributed by atoms with Gasteiger partial charge in [-0.1, -0.05) is 0 Å². The van der Waals surface area contributed by atoms with Gasteiger partial charge in [-0.2, -0.15) is 14.9 Å². The molecule has 6 heteroatoms. The van der Waals surface area contributed by atoms with Gasteiger partial charge in [0.2, 0.25) is 5.82 Å². The van der Waals surface area contributed by atoms with Crippen LogP contribution in [0.5, 0.6) is 5.75 Å². The summed E-state index contributed by atoms with van der Waals surface area (Å²) in [5.41, 5.74) is -1.96. The van der Waals surface area contributed by atoms with Crippen molar-refractivity contribution in [2.24, 2.45) is 0 Å². The number of benzene rings is 1. The molecule has 0 saturated carbocycles. The Morgan fingerprint density at radius 1 is 0.933 bits per heavy atom. The van der Waals surface area contributed by atoms with Gasteiger partial charge in [-0.25, -0.2) is 8.78 Å². The molecule has 76 valence electrons. The second kappa shape index (κ2) is 3.89. The minimum absolute atomic E-state index is 0.826. The van der Waals surface area contributed by atoms with Crippen molar-refractivity contribution in [2.75, 3.05) is 7.11 Å². The van der Waals surface area contributed by atoms with Gasteiger partial charge >= 0.3 is 0 Å². The number of rotatable bonds is 1. The fraction of sp³-hybridized carbons (Fsp3) is 0.111. The number of hydrogen-bond acceptors (Lipinski definition) is 3. The molecule has 1 aromatic carbocycles. The molecule has 0 saturated heterocycles. The molecule has 15 heavy (non-hydrogen) atoms. The Hall–Kier alpha value is -2.21. The largest absolute Gasteiger partial charge is 0.492 e. The normalized spacial score (nSPS) is 9.20. The monoisotopic (exact) mass is 212 g/mol. The molecule has 1 rings (SSSR count). The topological polar surface area (TPSA) is 56.8 Å². The zero-order chi connectivity index (χ0) is 11.6. The van der Waals surface area contributed by atoms with Gasteiger partial charge in [-0.15, -0.1) is 0 Å². The maximum absolute atomic E-state index is 13.2. The van der Waals surface area contributed by atoms with E-state index in [1.54, 1.807) is 0 Å². The molecule has 0 spiro atoms. The molecule has 0 bridgehead atoms. The first kappa shape index (κ1) is 10.9. The first-order valence-corrected chi connectivity index (χ1v) is 3.63. The number of nitrogens with zero attached hydrogens (tertiary/aromatic N) is 2. The minimum atomic E-state index is -1.66. The lowest BCUT2D eigenvalue weighted by Crippen LogP contribution is -2.03. The number of ether oxygens (including phenoxy) is 1. The van der Waals surface area contributed by atoms with Gasteiger partial charge in [0.25, 0.3) is 0 Å². The van der Waals surface area contributed by atoms with E-state index in [2.05, 4.69) is 4.74 Å². The molecule has 1 aromatic rings. The number of nitriles is 2. The SMILES string of the molecule is COc1c(F)c(F)c(C#N)c(F)c1C#N. The van der Waals surface area contributed by atoms with Crippen LogP contribution in [0.15, 0.2) is 0 Å². The Bertz CT molecular complexity index is 496. The Morgan fingerprint density at radius 3 is 1.87 bits per heavy atom. The van der Waals surface area contributed by atoms with Crippen LogP contribution in [0.2, 0.25) is 0 Å². The van der Waals surface area contributed by atoms with Crippen LogP contribution in [0, 0.1) is 40.1 Å². The van der Waals surface area contributed by atoms with E-state index in [1.165, 1.54) is 6.07 Å². The average molecular weight is 212 g/mol. The van der Waals surface area contributed by atoms with E-state index in [0.29, 0.717) is 0 Å². The van der Waals surface area contributed by atoms with E-state index in [4.69, 9.17) is 10.5 Å². The highest BCUT2D eigenvalue weighted by Gasteiger charge is 2.25. The smallest absolute Gasteiger partial charge is 0.203 e. The van der Waals surface area contributed by atoms with Gasteiger partial charge in [0.1, 0.15) is 23.3 Å². The van der Waals surface area contributed by atoms with Crippen LogP contribution >= 0.6 is 0 Å². The molecule has 0 fully saturated rings. The molecule has 0 radical (unpaired) electrons. The lowest BCUT2D eigenvalue weighted by Gasteiger charge is -2.07. The van der Waals surface area contributed by atoms with Crippen LogP contribution in [0.4, 0.5) is 13.2 Å². The van der Waals surface area contributed by atoms with Crippen LogP contribution in [0.25, 0.3) is 0 Å². The summed E-state index contributed by atoms with van der Waals surface area (Å²) >= 11 is 0. The first-order valence-electron chi connectivity index (χ1n) is 3.63. The molecule has 0 amide bonds. The molecule has 0 heterocycles. The fourth-order valence-corrected chi connectivity index (χ4v) is 1.03. The van der Waals surface area contributed by atoms with E-state index in [0.717, 1.165) is 13.2 Å². The van der Waals surface area contributed by atoms with Crippen molar-refractivity contribution >= 4 is 0 Å². The maximum Gasteiger partial charge on any atom is 0.203 e. The third kappa shape index (κ3) is 1.46. The molecule has 0 aliphatic carbocycles. The Balaban J connectivity index is 3.77. The number of halogens is 3. The number of hydrogen-bond donors (Lipinski definition) is 0. The predicted octanol–water partition coefficient (Wildman–Crippen LogP) is 1.86. The lowest BCUT2D eigenvalue weighted by atomic mass is 10.1. The predicted molar refractivity (Wildman–Crippen MR) is 42.3 cm³/mol. The third-order valence-corrected chi connectivity index (χ3v) is 1.71. The standard InChI is InChI=1S/C9H3F3N2O/c1-15-9-5(3-14)6(10)4(2-13)7(11)8(9)12/h1H3. The van der Waals surface area contributed by atoms with Crippen molar-refractivity contribution in [3.8, 4) is 17.9 Å². The molecule has 3 nitrogen and oxygen atoms in total. The zero-order valence-electron chi connectivity index (χ0n) is 7.44. The second-order valence-electron chi connectivity index (χ2n) is 2.45. The second-order valence-corrected chi connectivity index (χ2v) is 2.45. The highest BCUT2D eigenvalue weighted by molar-refractivity contribution is 5.51. The molecule has 0 unspecified atom stereocenters. The highest BCUT2D eigenvalue weighted by atomic mass is 19.2. The molecule has 0 N–H and O–H groups in total. The Kier molecular flexibility index (Phi) is 2.82. The van der Waals surface area contributed by atoms with Crippen molar-refractivity contribution in [1.82, 2.24) is 0 Å². The van der Waals surface area contributed by atoms with Crippen molar-refractivity contribution in [2.45, 2.75) is 0 Å². The summed E-state index contributed by atoms with van der Waals surface area (Å²) in [5, 5.41) is 16.9. The summed E-state index contributed by atoms with van der Waals surface area (Å²) in [6.45, 7) is 0. The van der Waals surface area contributed by atoms with Gasteiger partial charge in [-0.05, 0) is 0 Å². The van der Waals surface area contributed by atoms with Gasteiger partial charge in [-0.3, -0.25) is 0 Å². The summed E-state index contributed by atoms with van der Waals surface area (Å²) in [7, 11) is 0.962. The van der Waals surface area contributed by atoms with Crippen LogP contribution < -0.4 is 4.74 Å². The van der Waals surface area contributed by atoms with E-state index < -0.39 is 34.3 Å². The minimum Gasteiger partial charge on any atom is -0.492 e. The van der Waals surface area contributed by atoms with Gasteiger partial charge in [0.15, 0.2) is 17.4 Å². The Labute approximate surface area is 82.9 Å². The number of methoxy groups -OCH3 is 1. The first-order chi connectivity index (χ1) is 7.08. The van der Waals surface area contributed by atoms with E-state index in [-0.39, 0.29) is 0 Å². The van der Waals surface area contributed by atoms with E-state index in [9.17, 15) is 13.2 Å².